The third-order valence-corrected chi connectivity index (χ3v) is 9.27. The molecular formula is C21H27ClFNO4S. The molecule has 2 N–H and O–H groups in total. The van der Waals surface area contributed by atoms with E-state index in [-0.39, 0.29) is 21.6 Å². The number of sulfonamides is 1. The largest absolute Gasteiger partial charge is 0.390 e. The van der Waals surface area contributed by atoms with Gasteiger partial charge in [0.25, 0.3) is 0 Å². The number of hydrogen-bond acceptors (Lipinski definition) is 4. The van der Waals surface area contributed by atoms with Gasteiger partial charge in [-0.05, 0) is 87.8 Å². The van der Waals surface area contributed by atoms with E-state index in [1.807, 2.05) is 0 Å². The van der Waals surface area contributed by atoms with Crippen molar-refractivity contribution < 1.29 is 22.7 Å². The highest BCUT2D eigenvalue weighted by Crippen LogP contribution is 2.59. The Labute approximate surface area is 176 Å². The van der Waals surface area contributed by atoms with Crippen molar-refractivity contribution in [1.82, 2.24) is 4.72 Å². The molecule has 5 rings (SSSR count). The zero-order valence-electron chi connectivity index (χ0n) is 16.6. The Morgan fingerprint density at radius 3 is 2.45 bits per heavy atom. The first kappa shape index (κ1) is 21.2. The molecule has 0 heterocycles. The van der Waals surface area contributed by atoms with Gasteiger partial charge in [0, 0.05) is 6.42 Å². The van der Waals surface area contributed by atoms with Gasteiger partial charge >= 0.3 is 0 Å². The Morgan fingerprint density at radius 1 is 1.28 bits per heavy atom. The van der Waals surface area contributed by atoms with Gasteiger partial charge in [0.1, 0.15) is 10.7 Å². The lowest BCUT2D eigenvalue weighted by molar-refractivity contribution is -0.158. The number of benzene rings is 1. The molecule has 4 bridgehead atoms. The summed E-state index contributed by atoms with van der Waals surface area (Å²) in [5, 5.41) is 10.5. The summed E-state index contributed by atoms with van der Waals surface area (Å²) >= 11 is 5.91. The van der Waals surface area contributed by atoms with Crippen molar-refractivity contribution in [3.8, 4) is 0 Å². The molecule has 0 aromatic heterocycles. The minimum Gasteiger partial charge on any atom is -0.390 e. The molecule has 4 saturated carbocycles. The normalized spacial score (nSPS) is 33.8. The van der Waals surface area contributed by atoms with Gasteiger partial charge in [-0.1, -0.05) is 11.6 Å². The van der Waals surface area contributed by atoms with Crippen molar-refractivity contribution in [2.75, 3.05) is 0 Å². The van der Waals surface area contributed by atoms with Crippen LogP contribution in [0.15, 0.2) is 23.1 Å². The molecule has 4 aliphatic rings. The van der Waals surface area contributed by atoms with Crippen molar-refractivity contribution in [2.24, 2.45) is 23.7 Å². The maximum absolute atomic E-state index is 13.3. The lowest BCUT2D eigenvalue weighted by Crippen LogP contribution is -2.56. The van der Waals surface area contributed by atoms with Gasteiger partial charge < -0.3 is 5.11 Å². The monoisotopic (exact) mass is 443 g/mol. The Balaban J connectivity index is 1.48. The highest BCUT2D eigenvalue weighted by Gasteiger charge is 2.55. The van der Waals surface area contributed by atoms with Crippen LogP contribution in [-0.2, 0) is 14.8 Å². The van der Waals surface area contributed by atoms with Gasteiger partial charge in [0.2, 0.25) is 10.0 Å². The Hall–Kier alpha value is -1.02. The number of hydrogen-bond donors (Lipinski definition) is 2. The quantitative estimate of drug-likeness (QED) is 0.702. The van der Waals surface area contributed by atoms with Crippen LogP contribution in [0.3, 0.4) is 0 Å². The fourth-order valence-corrected chi connectivity index (χ4v) is 7.96. The molecule has 0 spiro atoms. The number of nitrogens with one attached hydrogen (secondary N) is 1. The minimum absolute atomic E-state index is 0.177. The maximum Gasteiger partial charge on any atom is 0.242 e. The molecule has 2 unspecified atom stereocenters. The smallest absolute Gasteiger partial charge is 0.242 e. The van der Waals surface area contributed by atoms with E-state index in [1.165, 1.54) is 0 Å². The average Bonchev–Trinajstić information content (AvgIpc) is 2.55. The molecule has 4 aliphatic carbocycles. The number of ketones is 1. The third kappa shape index (κ3) is 3.99. The van der Waals surface area contributed by atoms with Crippen LogP contribution in [0.2, 0.25) is 5.02 Å². The predicted molar refractivity (Wildman–Crippen MR) is 107 cm³/mol. The van der Waals surface area contributed by atoms with E-state index in [0.29, 0.717) is 24.2 Å². The van der Waals surface area contributed by atoms with Gasteiger partial charge in [-0.3, -0.25) is 4.79 Å². The van der Waals surface area contributed by atoms with Crippen LogP contribution >= 0.6 is 11.6 Å². The molecule has 29 heavy (non-hydrogen) atoms. The number of aliphatic hydroxyl groups is 1. The number of Topliss-reactive ketones (excluding diaryl/α,β-unsaturated/α-hetero) is 1. The summed E-state index contributed by atoms with van der Waals surface area (Å²) in [7, 11) is -4.09. The SMILES string of the molecule is CC(C)(NS(=O)(=O)c1ccc(F)cc1Cl)C(=O)CC1C2CC3CC1CC(O)(C3)C2. The van der Waals surface area contributed by atoms with Crippen LogP contribution in [0.4, 0.5) is 4.39 Å². The molecule has 4 fully saturated rings. The minimum atomic E-state index is -4.09. The predicted octanol–water partition coefficient (Wildman–Crippen LogP) is 3.68. The number of halogens is 2. The number of carbonyl (C=O) groups is 1. The van der Waals surface area contributed by atoms with Gasteiger partial charge in [0.05, 0.1) is 16.2 Å². The highest BCUT2D eigenvalue weighted by molar-refractivity contribution is 7.89. The van der Waals surface area contributed by atoms with Crippen molar-refractivity contribution in [3.05, 3.63) is 29.0 Å². The molecule has 8 heteroatoms. The fraction of sp³-hybridized carbons (Fsp3) is 0.667. The zero-order valence-corrected chi connectivity index (χ0v) is 18.2. The Morgan fingerprint density at radius 2 is 1.90 bits per heavy atom. The van der Waals surface area contributed by atoms with E-state index in [2.05, 4.69) is 4.72 Å². The fourth-order valence-electron chi connectivity index (χ4n) is 6.03. The number of carbonyl (C=O) groups excluding carboxylic acids is 1. The average molecular weight is 444 g/mol. The Bertz CT molecular complexity index is 932. The first-order chi connectivity index (χ1) is 13.4. The second-order valence-electron chi connectivity index (χ2n) is 9.79. The van der Waals surface area contributed by atoms with Gasteiger partial charge in [-0.15, -0.1) is 0 Å². The number of rotatable bonds is 6. The lowest BCUT2D eigenvalue weighted by atomic mass is 9.49. The van der Waals surface area contributed by atoms with E-state index in [0.717, 1.165) is 50.3 Å². The molecule has 160 valence electrons. The first-order valence-corrected chi connectivity index (χ1v) is 12.0. The van der Waals surface area contributed by atoms with Crippen LogP contribution in [0.5, 0.6) is 0 Å². The molecule has 0 saturated heterocycles. The van der Waals surface area contributed by atoms with E-state index in [1.54, 1.807) is 13.8 Å². The molecule has 5 nitrogen and oxygen atoms in total. The van der Waals surface area contributed by atoms with Crippen molar-refractivity contribution >= 4 is 27.4 Å². The third-order valence-electron chi connectivity index (χ3n) is 7.13. The van der Waals surface area contributed by atoms with Crippen LogP contribution in [-0.4, -0.2) is 30.4 Å². The molecule has 1 aromatic carbocycles. The zero-order chi connectivity index (χ0) is 21.2. The summed E-state index contributed by atoms with van der Waals surface area (Å²) in [6, 6.07) is 3.05. The van der Waals surface area contributed by atoms with E-state index >= 15 is 0 Å². The lowest BCUT2D eigenvalue weighted by Gasteiger charge is -2.58. The molecule has 0 radical (unpaired) electrons. The molecule has 0 aliphatic heterocycles. The van der Waals surface area contributed by atoms with Crippen molar-refractivity contribution in [3.63, 3.8) is 0 Å². The topological polar surface area (TPSA) is 83.5 Å². The molecular weight excluding hydrogens is 417 g/mol. The summed E-state index contributed by atoms with van der Waals surface area (Å²) in [6.45, 7) is 3.10. The summed E-state index contributed by atoms with van der Waals surface area (Å²) in [5.74, 6) is 0.591. The maximum atomic E-state index is 13.3. The standard InChI is InChI=1S/C21H27ClFNO4S/c1-20(2,24-29(27,28)18-4-3-15(23)7-17(18)22)19(25)8-16-13-5-12-6-14(16)11-21(26,9-12)10-13/h3-4,7,12-14,16,24,26H,5-6,8-11H2,1-2H3. The van der Waals surface area contributed by atoms with Crippen LogP contribution in [0, 0.1) is 29.5 Å². The molecule has 0 amide bonds. The summed E-state index contributed by atoms with van der Waals surface area (Å²) < 4.78 is 41.2. The summed E-state index contributed by atoms with van der Waals surface area (Å²) in [4.78, 5) is 12.9. The Kier molecular flexibility index (Phi) is 5.13. The second-order valence-corrected chi connectivity index (χ2v) is 11.8. The van der Waals surface area contributed by atoms with Crippen LogP contribution in [0.25, 0.3) is 0 Å². The van der Waals surface area contributed by atoms with Crippen molar-refractivity contribution in [2.45, 2.75) is 68.4 Å². The van der Waals surface area contributed by atoms with Crippen molar-refractivity contribution in [1.29, 1.82) is 0 Å². The van der Waals surface area contributed by atoms with E-state index < -0.39 is 27.0 Å². The molecule has 1 aromatic rings. The second kappa shape index (κ2) is 7.01. The van der Waals surface area contributed by atoms with E-state index in [9.17, 15) is 22.7 Å². The summed E-state index contributed by atoms with van der Waals surface area (Å²) in [5.41, 5.74) is -1.88. The summed E-state index contributed by atoms with van der Waals surface area (Å²) in [6.07, 6.45) is 4.77. The van der Waals surface area contributed by atoms with Crippen LogP contribution < -0.4 is 4.72 Å². The van der Waals surface area contributed by atoms with Gasteiger partial charge in [-0.2, -0.15) is 4.72 Å². The first-order valence-electron chi connectivity index (χ1n) is 10.1. The van der Waals surface area contributed by atoms with Crippen LogP contribution in [0.1, 0.15) is 52.4 Å². The molecule has 2 atom stereocenters. The van der Waals surface area contributed by atoms with Gasteiger partial charge in [0.15, 0.2) is 5.78 Å². The van der Waals surface area contributed by atoms with E-state index in [4.69, 9.17) is 11.6 Å². The van der Waals surface area contributed by atoms with Gasteiger partial charge in [-0.25, -0.2) is 12.8 Å². The highest BCUT2D eigenvalue weighted by atomic mass is 35.5.